The van der Waals surface area contributed by atoms with E-state index in [1.54, 1.807) is 0 Å². The zero-order valence-electron chi connectivity index (χ0n) is 19.5. The van der Waals surface area contributed by atoms with Gasteiger partial charge >= 0.3 is 0 Å². The van der Waals surface area contributed by atoms with Gasteiger partial charge in [0.1, 0.15) is 5.01 Å². The number of thiazole rings is 1. The number of benzene rings is 1. The Morgan fingerprint density at radius 1 is 1.29 bits per heavy atom. The van der Waals surface area contributed by atoms with Crippen molar-refractivity contribution in [1.82, 2.24) is 9.88 Å². The summed E-state index contributed by atoms with van der Waals surface area (Å²) >= 11 is 1.82. The molecular weight excluding hydrogens is 404 g/mol. The molecule has 1 aromatic carbocycles. The van der Waals surface area contributed by atoms with Crippen LogP contribution in [-0.4, -0.2) is 40.1 Å². The minimum absolute atomic E-state index is 0.0161. The summed E-state index contributed by atoms with van der Waals surface area (Å²) in [5, 5.41) is 12.7. The van der Waals surface area contributed by atoms with Crippen LogP contribution in [0.3, 0.4) is 0 Å². The van der Waals surface area contributed by atoms with Crippen molar-refractivity contribution in [2.24, 2.45) is 23.2 Å². The SMILES string of the molecule is CCN(CC)C(=O)[C@@H](C)C1CC[C@@]2(C)Cc3sc(-c4ccccc4)nc3[C@@H](C)[C@@H]2[C@H]1O. The lowest BCUT2D eigenvalue weighted by molar-refractivity contribution is -0.144. The third-order valence-corrected chi connectivity index (χ3v) is 9.17. The maximum absolute atomic E-state index is 13.0. The van der Waals surface area contributed by atoms with Gasteiger partial charge in [-0.3, -0.25) is 4.79 Å². The van der Waals surface area contributed by atoms with Crippen LogP contribution < -0.4 is 0 Å². The monoisotopic (exact) mass is 440 g/mol. The highest BCUT2D eigenvalue weighted by Gasteiger charge is 2.54. The molecule has 168 valence electrons. The van der Waals surface area contributed by atoms with Crippen molar-refractivity contribution in [3.05, 3.63) is 40.9 Å². The van der Waals surface area contributed by atoms with Crippen LogP contribution in [0.5, 0.6) is 0 Å². The van der Waals surface area contributed by atoms with E-state index in [2.05, 4.69) is 38.1 Å². The number of carbonyl (C=O) groups is 1. The molecule has 2 aliphatic rings. The molecular formula is C26H36N2O2S. The van der Waals surface area contributed by atoms with Crippen molar-refractivity contribution in [2.45, 2.75) is 65.9 Å². The number of amides is 1. The summed E-state index contributed by atoms with van der Waals surface area (Å²) in [5.41, 5.74) is 2.38. The number of fused-ring (bicyclic) bond motifs is 2. The Bertz CT molecular complexity index is 923. The predicted molar refractivity (Wildman–Crippen MR) is 127 cm³/mol. The molecule has 1 saturated carbocycles. The summed E-state index contributed by atoms with van der Waals surface area (Å²) in [6.07, 6.45) is 2.47. The summed E-state index contributed by atoms with van der Waals surface area (Å²) in [6, 6.07) is 10.4. The molecule has 1 N–H and O–H groups in total. The van der Waals surface area contributed by atoms with Gasteiger partial charge in [-0.25, -0.2) is 4.98 Å². The van der Waals surface area contributed by atoms with E-state index in [9.17, 15) is 9.90 Å². The number of nitrogens with zero attached hydrogens (tertiary/aromatic N) is 2. The molecule has 1 aromatic heterocycles. The lowest BCUT2D eigenvalue weighted by Gasteiger charge is -2.53. The van der Waals surface area contributed by atoms with Crippen LogP contribution in [0.1, 0.15) is 63.9 Å². The molecule has 0 saturated heterocycles. The lowest BCUT2D eigenvalue weighted by atomic mass is 9.53. The van der Waals surface area contributed by atoms with Crippen molar-refractivity contribution < 1.29 is 9.90 Å². The van der Waals surface area contributed by atoms with Crippen molar-refractivity contribution in [3.63, 3.8) is 0 Å². The second-order valence-corrected chi connectivity index (χ2v) is 10.9. The van der Waals surface area contributed by atoms with Gasteiger partial charge in [0.15, 0.2) is 0 Å². The van der Waals surface area contributed by atoms with Crippen LogP contribution in [0.15, 0.2) is 30.3 Å². The van der Waals surface area contributed by atoms with Gasteiger partial charge in [0.05, 0.1) is 11.8 Å². The van der Waals surface area contributed by atoms with E-state index in [0.29, 0.717) is 0 Å². The Morgan fingerprint density at radius 3 is 2.61 bits per heavy atom. The largest absolute Gasteiger partial charge is 0.392 e. The second-order valence-electron chi connectivity index (χ2n) is 9.83. The number of rotatable bonds is 5. The molecule has 4 nitrogen and oxygen atoms in total. The summed E-state index contributed by atoms with van der Waals surface area (Å²) < 4.78 is 0. The maximum Gasteiger partial charge on any atom is 0.225 e. The molecule has 2 aromatic rings. The van der Waals surface area contributed by atoms with Gasteiger partial charge in [0, 0.05) is 35.4 Å². The van der Waals surface area contributed by atoms with Gasteiger partial charge in [-0.15, -0.1) is 11.3 Å². The number of aliphatic hydroxyl groups is 1. The third kappa shape index (κ3) is 3.84. The first-order valence-electron chi connectivity index (χ1n) is 11.8. The van der Waals surface area contributed by atoms with E-state index in [4.69, 9.17) is 4.98 Å². The van der Waals surface area contributed by atoms with Gasteiger partial charge in [0.2, 0.25) is 5.91 Å². The summed E-state index contributed by atoms with van der Waals surface area (Å²) in [5.74, 6) is 0.375. The van der Waals surface area contributed by atoms with Crippen molar-refractivity contribution in [3.8, 4) is 10.6 Å². The smallest absolute Gasteiger partial charge is 0.225 e. The van der Waals surface area contributed by atoms with E-state index in [1.165, 1.54) is 10.4 Å². The highest BCUT2D eigenvalue weighted by atomic mass is 32.1. The van der Waals surface area contributed by atoms with Crippen LogP contribution >= 0.6 is 11.3 Å². The Balaban J connectivity index is 1.62. The van der Waals surface area contributed by atoms with E-state index < -0.39 is 6.10 Å². The molecule has 0 aliphatic heterocycles. The average Bonchev–Trinajstić information content (AvgIpc) is 3.18. The lowest BCUT2D eigenvalue weighted by Crippen LogP contribution is -2.53. The summed E-state index contributed by atoms with van der Waals surface area (Å²) in [6.45, 7) is 12.1. The fourth-order valence-electron chi connectivity index (χ4n) is 6.26. The van der Waals surface area contributed by atoms with Gasteiger partial charge in [-0.05, 0) is 50.4 Å². The highest BCUT2D eigenvalue weighted by molar-refractivity contribution is 7.15. The molecule has 1 amide bonds. The van der Waals surface area contributed by atoms with Gasteiger partial charge in [-0.1, -0.05) is 51.1 Å². The molecule has 0 bridgehead atoms. The minimum Gasteiger partial charge on any atom is -0.392 e. The third-order valence-electron chi connectivity index (χ3n) is 8.05. The molecule has 2 aliphatic carbocycles. The predicted octanol–water partition coefficient (Wildman–Crippen LogP) is 5.37. The normalized spacial score (nSPS) is 30.9. The number of carbonyl (C=O) groups excluding carboxylic acids is 1. The number of aliphatic hydroxyl groups excluding tert-OH is 1. The van der Waals surface area contributed by atoms with Crippen LogP contribution in [0.2, 0.25) is 0 Å². The van der Waals surface area contributed by atoms with Crippen LogP contribution in [0, 0.1) is 23.2 Å². The quantitative estimate of drug-likeness (QED) is 0.680. The van der Waals surface area contributed by atoms with Gasteiger partial charge in [0.25, 0.3) is 0 Å². The number of hydrogen-bond donors (Lipinski definition) is 1. The van der Waals surface area contributed by atoms with Crippen molar-refractivity contribution in [1.29, 1.82) is 0 Å². The number of aromatic nitrogens is 1. The fourth-order valence-corrected chi connectivity index (χ4v) is 7.63. The molecule has 31 heavy (non-hydrogen) atoms. The first-order chi connectivity index (χ1) is 14.8. The first-order valence-corrected chi connectivity index (χ1v) is 12.6. The van der Waals surface area contributed by atoms with E-state index in [0.717, 1.165) is 43.1 Å². The van der Waals surface area contributed by atoms with Crippen molar-refractivity contribution >= 4 is 17.2 Å². The molecule has 1 heterocycles. The van der Waals surface area contributed by atoms with Crippen LogP contribution in [-0.2, 0) is 11.2 Å². The minimum atomic E-state index is -0.474. The molecule has 5 heteroatoms. The maximum atomic E-state index is 13.0. The van der Waals surface area contributed by atoms with Gasteiger partial charge < -0.3 is 10.0 Å². The fraction of sp³-hybridized carbons (Fsp3) is 0.615. The molecule has 1 unspecified atom stereocenters. The molecule has 0 spiro atoms. The standard InChI is InChI=1S/C26H36N2O2S/c1-6-28(7-2)25(30)16(3)19-13-14-26(5)15-20-22(17(4)21(26)23(19)29)27-24(31-20)18-11-9-8-10-12-18/h8-12,16-17,19,21,23,29H,6-7,13-15H2,1-5H3/t16-,17-,19?,21+,23-,26-/m0/s1. The number of hydrogen-bond acceptors (Lipinski definition) is 4. The molecule has 1 fully saturated rings. The van der Waals surface area contributed by atoms with Gasteiger partial charge in [-0.2, -0.15) is 0 Å². The molecule has 4 rings (SSSR count). The zero-order valence-corrected chi connectivity index (χ0v) is 20.3. The Hall–Kier alpha value is -1.72. The van der Waals surface area contributed by atoms with E-state index in [1.807, 2.05) is 43.1 Å². The Kier molecular flexibility index (Phi) is 6.28. The molecule has 6 atom stereocenters. The second kappa shape index (κ2) is 8.67. The molecule has 0 radical (unpaired) electrons. The summed E-state index contributed by atoms with van der Waals surface area (Å²) in [7, 11) is 0. The van der Waals surface area contributed by atoms with E-state index >= 15 is 0 Å². The summed E-state index contributed by atoms with van der Waals surface area (Å²) in [4.78, 5) is 21.4. The van der Waals surface area contributed by atoms with E-state index in [-0.39, 0.29) is 35.0 Å². The van der Waals surface area contributed by atoms with Crippen LogP contribution in [0.25, 0.3) is 10.6 Å². The van der Waals surface area contributed by atoms with Crippen molar-refractivity contribution in [2.75, 3.05) is 13.1 Å². The average molecular weight is 441 g/mol. The Labute approximate surface area is 190 Å². The topological polar surface area (TPSA) is 53.4 Å². The Morgan fingerprint density at radius 2 is 1.97 bits per heavy atom. The zero-order chi connectivity index (χ0) is 22.3. The van der Waals surface area contributed by atoms with Crippen LogP contribution in [0.4, 0.5) is 0 Å². The highest BCUT2D eigenvalue weighted by Crippen LogP contribution is 2.57. The first kappa shape index (κ1) is 22.5.